The monoisotopic (exact) mass is 574 g/mol. The molecular weight excluding hydrogens is 548 g/mol. The molecule has 7 aromatic carbocycles. The Morgan fingerprint density at radius 3 is 1.60 bits per heavy atom. The zero-order valence-electron chi connectivity index (χ0n) is 24.3. The zero-order valence-corrected chi connectivity index (χ0v) is 24.3. The predicted octanol–water partition coefficient (Wildman–Crippen LogP) is 11.4. The van der Waals surface area contributed by atoms with Gasteiger partial charge >= 0.3 is 0 Å². The predicted molar refractivity (Wildman–Crippen MR) is 188 cm³/mol. The van der Waals surface area contributed by atoms with Gasteiger partial charge in [0.15, 0.2) is 0 Å². The SMILES string of the molecule is c1ccc(-n2c3ccccc3c3cc4c5ccc(-c6ccc7oc8ccccc8c7c6)cc5n(-c5ccccc5)c4cc32)cc1. The zero-order chi connectivity index (χ0) is 29.5. The molecule has 0 aliphatic heterocycles. The normalized spacial score (nSPS) is 12.0. The highest BCUT2D eigenvalue weighted by atomic mass is 16.3. The first-order valence-electron chi connectivity index (χ1n) is 15.4. The van der Waals surface area contributed by atoms with Crippen LogP contribution in [-0.2, 0) is 0 Å². The van der Waals surface area contributed by atoms with Crippen molar-refractivity contribution in [3.63, 3.8) is 0 Å². The third-order valence-electron chi connectivity index (χ3n) is 9.30. The molecule has 3 aromatic heterocycles. The fourth-order valence-corrected chi connectivity index (χ4v) is 7.27. The number of nitrogens with zero attached hydrogens (tertiary/aromatic N) is 2. The Bertz CT molecular complexity index is 2740. The van der Waals surface area contributed by atoms with Gasteiger partial charge in [-0.25, -0.2) is 0 Å². The van der Waals surface area contributed by atoms with Crippen LogP contribution in [0.1, 0.15) is 0 Å². The van der Waals surface area contributed by atoms with Gasteiger partial charge in [0.25, 0.3) is 0 Å². The number of rotatable bonds is 3. The van der Waals surface area contributed by atoms with E-state index in [1.807, 2.05) is 12.1 Å². The lowest BCUT2D eigenvalue weighted by molar-refractivity contribution is 0.669. The first-order valence-corrected chi connectivity index (χ1v) is 15.4. The van der Waals surface area contributed by atoms with Crippen molar-refractivity contribution in [1.29, 1.82) is 0 Å². The van der Waals surface area contributed by atoms with Crippen molar-refractivity contribution in [2.45, 2.75) is 0 Å². The summed E-state index contributed by atoms with van der Waals surface area (Å²) in [5.41, 5.74) is 11.3. The Hall–Kier alpha value is -6.06. The van der Waals surface area contributed by atoms with E-state index in [1.165, 1.54) is 54.7 Å². The molecule has 0 atom stereocenters. The highest BCUT2D eigenvalue weighted by Crippen LogP contribution is 2.41. The maximum atomic E-state index is 6.13. The maximum absolute atomic E-state index is 6.13. The first kappa shape index (κ1) is 24.4. The molecule has 0 aliphatic rings. The minimum absolute atomic E-state index is 0.914. The summed E-state index contributed by atoms with van der Waals surface area (Å²) in [6.07, 6.45) is 0. The molecule has 210 valence electrons. The van der Waals surface area contributed by atoms with Gasteiger partial charge in [0.1, 0.15) is 11.2 Å². The van der Waals surface area contributed by atoms with Gasteiger partial charge in [-0.2, -0.15) is 0 Å². The molecular formula is C42H26N2O. The molecule has 10 aromatic rings. The Kier molecular flexibility index (Phi) is 5.00. The standard InChI is InChI=1S/C42H26N2O/c1-3-11-29(12-4-1)43-37-17-9-7-15-31(37)34-25-35-32-21-19-28(27-20-22-42-36(23-27)33-16-8-10-18-41(33)45-42)24-38(32)44(40(35)26-39(34)43)30-13-5-2-6-14-30/h1-26H. The molecule has 45 heavy (non-hydrogen) atoms. The lowest BCUT2D eigenvalue weighted by Gasteiger charge is -2.10. The lowest BCUT2D eigenvalue weighted by atomic mass is 10.0. The Morgan fingerprint density at radius 2 is 0.844 bits per heavy atom. The van der Waals surface area contributed by atoms with Gasteiger partial charge in [0, 0.05) is 43.7 Å². The second-order valence-electron chi connectivity index (χ2n) is 11.8. The quantitative estimate of drug-likeness (QED) is 0.206. The molecule has 3 heterocycles. The molecule has 0 aliphatic carbocycles. The van der Waals surface area contributed by atoms with Gasteiger partial charge in [-0.1, -0.05) is 91.0 Å². The molecule has 10 rings (SSSR count). The van der Waals surface area contributed by atoms with Gasteiger partial charge in [0.2, 0.25) is 0 Å². The summed E-state index contributed by atoms with van der Waals surface area (Å²) in [6.45, 7) is 0. The van der Waals surface area contributed by atoms with Crippen LogP contribution in [0.3, 0.4) is 0 Å². The molecule has 0 bridgehead atoms. The first-order chi connectivity index (χ1) is 22.3. The Morgan fingerprint density at radius 1 is 0.311 bits per heavy atom. The molecule has 3 heteroatoms. The average molecular weight is 575 g/mol. The number of benzene rings is 7. The van der Waals surface area contributed by atoms with Crippen molar-refractivity contribution in [3.8, 4) is 22.5 Å². The van der Waals surface area contributed by atoms with E-state index in [0.717, 1.165) is 33.3 Å². The number of para-hydroxylation sites is 4. The van der Waals surface area contributed by atoms with E-state index in [-0.39, 0.29) is 0 Å². The van der Waals surface area contributed by atoms with Gasteiger partial charge in [-0.05, 0) is 77.9 Å². The third kappa shape index (κ3) is 3.52. The summed E-state index contributed by atoms with van der Waals surface area (Å²) in [5, 5.41) is 7.30. The summed E-state index contributed by atoms with van der Waals surface area (Å²) in [5.74, 6) is 0. The van der Waals surface area contributed by atoms with Crippen LogP contribution in [0.4, 0.5) is 0 Å². The molecule has 0 spiro atoms. The van der Waals surface area contributed by atoms with Crippen molar-refractivity contribution < 1.29 is 4.42 Å². The molecule has 0 radical (unpaired) electrons. The maximum Gasteiger partial charge on any atom is 0.135 e. The van der Waals surface area contributed by atoms with Gasteiger partial charge in [-0.3, -0.25) is 0 Å². The second-order valence-corrected chi connectivity index (χ2v) is 11.8. The van der Waals surface area contributed by atoms with Gasteiger partial charge in [0.05, 0.1) is 22.1 Å². The number of hydrogen-bond donors (Lipinski definition) is 0. The number of fused-ring (bicyclic) bond motifs is 9. The van der Waals surface area contributed by atoms with Crippen LogP contribution in [0.25, 0.3) is 88.1 Å². The molecule has 0 saturated carbocycles. The minimum Gasteiger partial charge on any atom is -0.456 e. The smallest absolute Gasteiger partial charge is 0.135 e. The summed E-state index contributed by atoms with van der Waals surface area (Å²) in [6, 6.07) is 56.6. The van der Waals surface area contributed by atoms with Gasteiger partial charge < -0.3 is 13.6 Å². The summed E-state index contributed by atoms with van der Waals surface area (Å²) < 4.78 is 10.9. The molecule has 3 nitrogen and oxygen atoms in total. The average Bonchev–Trinajstić information content (AvgIpc) is 3.74. The summed E-state index contributed by atoms with van der Waals surface area (Å²) >= 11 is 0. The van der Waals surface area contributed by atoms with E-state index in [0.29, 0.717) is 0 Å². The van der Waals surface area contributed by atoms with Crippen molar-refractivity contribution in [1.82, 2.24) is 9.13 Å². The summed E-state index contributed by atoms with van der Waals surface area (Å²) in [4.78, 5) is 0. The largest absolute Gasteiger partial charge is 0.456 e. The van der Waals surface area contributed by atoms with E-state index in [9.17, 15) is 0 Å². The van der Waals surface area contributed by atoms with Crippen LogP contribution < -0.4 is 0 Å². The number of furan rings is 1. The fourth-order valence-electron chi connectivity index (χ4n) is 7.27. The number of aromatic nitrogens is 2. The molecule has 0 fully saturated rings. The molecule has 0 saturated heterocycles. The van der Waals surface area contributed by atoms with E-state index in [4.69, 9.17) is 4.42 Å². The minimum atomic E-state index is 0.914. The summed E-state index contributed by atoms with van der Waals surface area (Å²) in [7, 11) is 0. The van der Waals surface area contributed by atoms with Crippen LogP contribution >= 0.6 is 0 Å². The Balaban J connectivity index is 1.29. The van der Waals surface area contributed by atoms with Crippen LogP contribution in [0.2, 0.25) is 0 Å². The van der Waals surface area contributed by atoms with Crippen LogP contribution in [0.5, 0.6) is 0 Å². The number of hydrogen-bond acceptors (Lipinski definition) is 1. The van der Waals surface area contributed by atoms with E-state index >= 15 is 0 Å². The van der Waals surface area contributed by atoms with Crippen molar-refractivity contribution in [2.75, 3.05) is 0 Å². The second kappa shape index (κ2) is 9.22. The highest BCUT2D eigenvalue weighted by molar-refractivity contribution is 6.19. The molecule has 0 unspecified atom stereocenters. The lowest BCUT2D eigenvalue weighted by Crippen LogP contribution is -1.95. The Labute approximate surface area is 258 Å². The van der Waals surface area contributed by atoms with E-state index < -0.39 is 0 Å². The van der Waals surface area contributed by atoms with E-state index in [2.05, 4.69) is 155 Å². The van der Waals surface area contributed by atoms with E-state index in [1.54, 1.807) is 0 Å². The molecule has 0 amide bonds. The molecule has 0 N–H and O–H groups in total. The van der Waals surface area contributed by atoms with Crippen LogP contribution in [0, 0.1) is 0 Å². The van der Waals surface area contributed by atoms with Gasteiger partial charge in [-0.15, -0.1) is 0 Å². The van der Waals surface area contributed by atoms with Crippen LogP contribution in [-0.4, -0.2) is 9.13 Å². The topological polar surface area (TPSA) is 23.0 Å². The van der Waals surface area contributed by atoms with Crippen LogP contribution in [0.15, 0.2) is 162 Å². The van der Waals surface area contributed by atoms with Crippen molar-refractivity contribution in [3.05, 3.63) is 158 Å². The van der Waals surface area contributed by atoms with Crippen molar-refractivity contribution >= 4 is 65.6 Å². The third-order valence-corrected chi connectivity index (χ3v) is 9.30. The highest BCUT2D eigenvalue weighted by Gasteiger charge is 2.19. The van der Waals surface area contributed by atoms with Crippen molar-refractivity contribution in [2.24, 2.45) is 0 Å². The fraction of sp³-hybridized carbons (Fsp3) is 0.